The van der Waals surface area contributed by atoms with Crippen molar-refractivity contribution in [3.63, 3.8) is 0 Å². The summed E-state index contributed by atoms with van der Waals surface area (Å²) in [7, 11) is 4.50. The minimum atomic E-state index is -1.65. The van der Waals surface area contributed by atoms with Crippen LogP contribution in [0.1, 0.15) is 13.8 Å². The molecule has 1 saturated heterocycles. The summed E-state index contributed by atoms with van der Waals surface area (Å²) in [5.41, 5.74) is 3.30. The van der Waals surface area contributed by atoms with Crippen molar-refractivity contribution < 1.29 is 0 Å². The number of hydrogen-bond acceptors (Lipinski definition) is 2. The number of allylic oxidation sites excluding steroid dienone is 2. The third kappa shape index (κ3) is 4.95. The number of likely N-dealkylation sites (N-methyl/N-ethyl adjacent to an activating group) is 2. The summed E-state index contributed by atoms with van der Waals surface area (Å²) in [6, 6.07) is 0. The van der Waals surface area contributed by atoms with Crippen LogP contribution in [-0.2, 0) is 0 Å². The molecular formula is C13H29BN2Sn. The molecule has 98 valence electrons. The first kappa shape index (κ1) is 15.6. The maximum atomic E-state index is 2.53. The van der Waals surface area contributed by atoms with Gasteiger partial charge in [0, 0.05) is 0 Å². The zero-order valence-corrected chi connectivity index (χ0v) is 15.7. The van der Waals surface area contributed by atoms with E-state index in [9.17, 15) is 0 Å². The van der Waals surface area contributed by atoms with Crippen LogP contribution in [0.25, 0.3) is 0 Å². The van der Waals surface area contributed by atoms with Gasteiger partial charge in [-0.25, -0.2) is 0 Å². The van der Waals surface area contributed by atoms with E-state index in [4.69, 9.17) is 0 Å². The molecule has 1 fully saturated rings. The zero-order valence-electron chi connectivity index (χ0n) is 12.8. The molecule has 0 spiro atoms. The van der Waals surface area contributed by atoms with Crippen LogP contribution < -0.4 is 0 Å². The van der Waals surface area contributed by atoms with Crippen LogP contribution >= 0.6 is 0 Å². The molecule has 0 bridgehead atoms. The SMILES string of the molecule is C/C(CB1N(C)CCN1C)=C(\C)[CH2][Sn]([CH3])([CH3])[CH3]. The van der Waals surface area contributed by atoms with Gasteiger partial charge in [-0.3, -0.25) is 0 Å². The third-order valence-electron chi connectivity index (χ3n) is 3.84. The Bertz CT molecular complexity index is 286. The average molecular weight is 343 g/mol. The molecule has 2 nitrogen and oxygen atoms in total. The fraction of sp³-hybridized carbons (Fsp3) is 0.846. The molecule has 1 heterocycles. The number of rotatable bonds is 4. The monoisotopic (exact) mass is 344 g/mol. The molecule has 0 amide bonds. The molecule has 0 saturated carbocycles. The Morgan fingerprint density at radius 1 is 1.00 bits per heavy atom. The van der Waals surface area contributed by atoms with Crippen molar-refractivity contribution in [2.45, 2.75) is 39.4 Å². The Hall–Kier alpha value is 0.524. The van der Waals surface area contributed by atoms with Crippen LogP contribution in [0.15, 0.2) is 11.1 Å². The van der Waals surface area contributed by atoms with Crippen LogP contribution in [0, 0.1) is 0 Å². The third-order valence-corrected chi connectivity index (χ3v) is 8.38. The molecule has 0 unspecified atom stereocenters. The second kappa shape index (κ2) is 6.11. The normalized spacial score (nSPS) is 21.0. The van der Waals surface area contributed by atoms with Gasteiger partial charge in [-0.15, -0.1) is 0 Å². The van der Waals surface area contributed by atoms with Gasteiger partial charge in [0.15, 0.2) is 0 Å². The number of hydrogen-bond donors (Lipinski definition) is 0. The predicted octanol–water partition coefficient (Wildman–Crippen LogP) is 3.03. The van der Waals surface area contributed by atoms with Gasteiger partial charge in [0.1, 0.15) is 0 Å². The minimum absolute atomic E-state index is 0.625. The van der Waals surface area contributed by atoms with E-state index >= 15 is 0 Å². The van der Waals surface area contributed by atoms with Crippen LogP contribution in [0.5, 0.6) is 0 Å². The van der Waals surface area contributed by atoms with Crippen molar-refractivity contribution in [3.8, 4) is 0 Å². The second-order valence-electron chi connectivity index (χ2n) is 6.94. The van der Waals surface area contributed by atoms with Gasteiger partial charge < -0.3 is 0 Å². The van der Waals surface area contributed by atoms with E-state index in [-0.39, 0.29) is 0 Å². The quantitative estimate of drug-likeness (QED) is 0.572. The molecular weight excluding hydrogens is 314 g/mol. The Morgan fingerprint density at radius 2 is 1.47 bits per heavy atom. The van der Waals surface area contributed by atoms with Crippen LogP contribution in [0.2, 0.25) is 25.6 Å². The molecule has 0 aromatic carbocycles. The molecule has 1 aliphatic rings. The summed E-state index contributed by atoms with van der Waals surface area (Å²) in [5.74, 6) is 0. The van der Waals surface area contributed by atoms with Gasteiger partial charge in [-0.1, -0.05) is 0 Å². The van der Waals surface area contributed by atoms with Crippen LogP contribution in [0.3, 0.4) is 0 Å². The zero-order chi connectivity index (χ0) is 13.2. The van der Waals surface area contributed by atoms with Crippen molar-refractivity contribution in [2.24, 2.45) is 0 Å². The van der Waals surface area contributed by atoms with E-state index in [2.05, 4.69) is 52.4 Å². The first-order chi connectivity index (χ1) is 7.70. The summed E-state index contributed by atoms with van der Waals surface area (Å²) in [5, 5.41) is 0. The van der Waals surface area contributed by atoms with Crippen molar-refractivity contribution >= 4 is 25.4 Å². The van der Waals surface area contributed by atoms with Crippen LogP contribution in [0.4, 0.5) is 0 Å². The molecule has 0 N–H and O–H groups in total. The molecule has 0 atom stereocenters. The summed E-state index contributed by atoms with van der Waals surface area (Å²) >= 11 is -1.65. The Balaban J connectivity index is 2.64. The summed E-state index contributed by atoms with van der Waals surface area (Å²) < 4.78 is 1.42. The molecule has 1 aliphatic heterocycles. The predicted molar refractivity (Wildman–Crippen MR) is 82.3 cm³/mol. The molecule has 1 rings (SSSR count). The van der Waals surface area contributed by atoms with E-state index in [0.717, 1.165) is 0 Å². The van der Waals surface area contributed by atoms with Gasteiger partial charge >= 0.3 is 113 Å². The Kier molecular flexibility index (Phi) is 5.60. The fourth-order valence-electron chi connectivity index (χ4n) is 2.66. The Labute approximate surface area is 112 Å². The second-order valence-corrected chi connectivity index (χ2v) is 22.6. The van der Waals surface area contributed by atoms with Crippen molar-refractivity contribution in [2.75, 3.05) is 27.2 Å². The summed E-state index contributed by atoms with van der Waals surface area (Å²) in [6.07, 6.45) is 1.22. The maximum absolute atomic E-state index is 2.53. The first-order valence-electron chi connectivity index (χ1n) is 6.76. The topological polar surface area (TPSA) is 6.48 Å². The Morgan fingerprint density at radius 3 is 1.88 bits per heavy atom. The molecule has 0 aromatic heterocycles. The molecule has 17 heavy (non-hydrogen) atoms. The van der Waals surface area contributed by atoms with E-state index < -0.39 is 18.4 Å². The fourth-order valence-corrected chi connectivity index (χ4v) is 8.06. The van der Waals surface area contributed by atoms with Crippen molar-refractivity contribution in [1.29, 1.82) is 0 Å². The van der Waals surface area contributed by atoms with Gasteiger partial charge in [0.05, 0.1) is 0 Å². The van der Waals surface area contributed by atoms with E-state index in [1.165, 1.54) is 23.8 Å². The summed E-state index contributed by atoms with van der Waals surface area (Å²) in [6.45, 7) is 7.75. The number of nitrogens with zero attached hydrogens (tertiary/aromatic N) is 2. The van der Waals surface area contributed by atoms with Gasteiger partial charge in [-0.2, -0.15) is 0 Å². The molecule has 4 heteroatoms. The average Bonchev–Trinajstić information content (AvgIpc) is 2.46. The van der Waals surface area contributed by atoms with Gasteiger partial charge in [-0.05, 0) is 0 Å². The van der Waals surface area contributed by atoms with Crippen molar-refractivity contribution in [1.82, 2.24) is 9.62 Å². The molecule has 0 aromatic rings. The van der Waals surface area contributed by atoms with Gasteiger partial charge in [0.25, 0.3) is 0 Å². The molecule has 0 radical (unpaired) electrons. The van der Waals surface area contributed by atoms with Crippen molar-refractivity contribution in [3.05, 3.63) is 11.1 Å². The van der Waals surface area contributed by atoms with E-state index in [1.807, 2.05) is 0 Å². The van der Waals surface area contributed by atoms with Gasteiger partial charge in [0.2, 0.25) is 0 Å². The standard InChI is InChI=1S/C10H20BN2.3CH3.Sn/c1-9(2)10(3)8-11-12(4)6-7-13(11)5;;;;/h1,6-8H2,2-5H3;3*1H3;/b10-9+;;;;. The molecule has 0 aliphatic carbocycles. The first-order valence-corrected chi connectivity index (χ1v) is 17.3. The van der Waals surface area contributed by atoms with E-state index in [1.54, 1.807) is 11.1 Å². The summed E-state index contributed by atoms with van der Waals surface area (Å²) in [4.78, 5) is 12.5. The van der Waals surface area contributed by atoms with E-state index in [0.29, 0.717) is 6.98 Å². The van der Waals surface area contributed by atoms with Crippen LogP contribution in [-0.4, -0.2) is 62.2 Å².